The van der Waals surface area contributed by atoms with E-state index in [0.717, 1.165) is 55.7 Å². The summed E-state index contributed by atoms with van der Waals surface area (Å²) in [6.45, 7) is 9.44. The van der Waals surface area contributed by atoms with Crippen LogP contribution in [0.1, 0.15) is 51.1 Å². The van der Waals surface area contributed by atoms with E-state index >= 15 is 0 Å². The Labute approximate surface area is 178 Å². The number of halogens is 1. The number of hydrogen-bond donors (Lipinski definition) is 1. The summed E-state index contributed by atoms with van der Waals surface area (Å²) in [4.78, 5) is 16.2. The molecule has 0 saturated carbocycles. The van der Waals surface area contributed by atoms with Crippen molar-refractivity contribution in [3.63, 3.8) is 0 Å². The van der Waals surface area contributed by atoms with E-state index in [0.29, 0.717) is 5.69 Å². The van der Waals surface area contributed by atoms with Crippen LogP contribution >= 0.6 is 0 Å². The molecule has 1 N–H and O–H groups in total. The van der Waals surface area contributed by atoms with Gasteiger partial charge in [0.1, 0.15) is 5.82 Å². The molecule has 2 aliphatic rings. The van der Waals surface area contributed by atoms with Crippen molar-refractivity contribution >= 4 is 23.0 Å². The van der Waals surface area contributed by atoms with E-state index < -0.39 is 0 Å². The third-order valence-electron chi connectivity index (χ3n) is 6.25. The molecule has 2 unspecified atom stereocenters. The third kappa shape index (κ3) is 4.07. The van der Waals surface area contributed by atoms with Crippen molar-refractivity contribution in [2.45, 2.75) is 51.6 Å². The lowest BCUT2D eigenvalue weighted by atomic mass is 9.91. The summed E-state index contributed by atoms with van der Waals surface area (Å²) in [7, 11) is 0. The smallest absolute Gasteiger partial charge is 0.224 e. The van der Waals surface area contributed by atoms with Crippen molar-refractivity contribution in [1.82, 2.24) is 0 Å². The predicted molar refractivity (Wildman–Crippen MR) is 122 cm³/mol. The molecular formula is C25H30FN3O. The van der Waals surface area contributed by atoms with Gasteiger partial charge in [-0.2, -0.15) is 0 Å². The largest absolute Gasteiger partial charge is 0.378 e. The lowest BCUT2D eigenvalue weighted by Crippen LogP contribution is -2.43. The highest BCUT2D eigenvalue weighted by Gasteiger charge is 2.32. The maximum absolute atomic E-state index is 14.7. The van der Waals surface area contributed by atoms with Crippen molar-refractivity contribution in [1.29, 1.82) is 0 Å². The number of nitrogens with one attached hydrogen (secondary N) is 1. The first kappa shape index (κ1) is 20.5. The van der Waals surface area contributed by atoms with Crippen LogP contribution in [0.4, 0.5) is 21.5 Å². The fourth-order valence-corrected chi connectivity index (χ4v) is 4.77. The first-order valence-corrected chi connectivity index (χ1v) is 10.8. The first-order valence-electron chi connectivity index (χ1n) is 10.8. The molecule has 5 heteroatoms. The number of fused-ring (bicyclic) bond motifs is 1. The minimum absolute atomic E-state index is 0.0558. The summed E-state index contributed by atoms with van der Waals surface area (Å²) in [5.74, 6) is -0.131. The highest BCUT2D eigenvalue weighted by molar-refractivity contribution is 5.93. The minimum Gasteiger partial charge on any atom is -0.378 e. The Hall–Kier alpha value is -2.82. The summed E-state index contributed by atoms with van der Waals surface area (Å²) in [6.07, 6.45) is 3.72. The van der Waals surface area contributed by atoms with E-state index in [-0.39, 0.29) is 23.8 Å². The summed E-state index contributed by atoms with van der Waals surface area (Å²) >= 11 is 0. The van der Waals surface area contributed by atoms with Gasteiger partial charge < -0.3 is 15.1 Å². The zero-order valence-electron chi connectivity index (χ0n) is 17.8. The maximum atomic E-state index is 14.7. The molecule has 0 spiro atoms. The topological polar surface area (TPSA) is 35.6 Å². The molecular weight excluding hydrogens is 377 g/mol. The van der Waals surface area contributed by atoms with Crippen molar-refractivity contribution in [3.8, 4) is 0 Å². The number of benzene rings is 2. The molecule has 2 aromatic carbocycles. The number of nitrogens with zero attached hydrogens (tertiary/aromatic N) is 2. The zero-order chi connectivity index (χ0) is 21.3. The van der Waals surface area contributed by atoms with Gasteiger partial charge in [-0.25, -0.2) is 4.39 Å². The van der Waals surface area contributed by atoms with Gasteiger partial charge in [-0.05, 0) is 62.4 Å². The SMILES string of the molecule is C=C1CCCN(c2cc(NC3CC(C)N(C(C)=O)c4ccccc43)ccc2F)CC1. The molecule has 1 saturated heterocycles. The van der Waals surface area contributed by atoms with Crippen LogP contribution in [-0.2, 0) is 4.79 Å². The van der Waals surface area contributed by atoms with E-state index in [1.165, 1.54) is 5.57 Å². The van der Waals surface area contributed by atoms with Gasteiger partial charge in [0.2, 0.25) is 5.91 Å². The molecule has 0 aliphatic carbocycles. The lowest BCUT2D eigenvalue weighted by molar-refractivity contribution is -0.117. The second kappa shape index (κ2) is 8.50. The fourth-order valence-electron chi connectivity index (χ4n) is 4.77. The van der Waals surface area contributed by atoms with Crippen LogP contribution in [0.15, 0.2) is 54.6 Å². The molecule has 158 valence electrons. The number of carbonyl (C=O) groups is 1. The van der Waals surface area contributed by atoms with Crippen LogP contribution < -0.4 is 15.1 Å². The van der Waals surface area contributed by atoms with Crippen LogP contribution in [0.25, 0.3) is 0 Å². The number of rotatable bonds is 3. The van der Waals surface area contributed by atoms with Gasteiger partial charge in [-0.1, -0.05) is 30.4 Å². The van der Waals surface area contributed by atoms with Crippen molar-refractivity contribution in [2.24, 2.45) is 0 Å². The molecule has 4 rings (SSSR count). The van der Waals surface area contributed by atoms with Crippen LogP contribution in [0.3, 0.4) is 0 Å². The molecule has 2 aromatic rings. The molecule has 4 nitrogen and oxygen atoms in total. The number of hydrogen-bond acceptors (Lipinski definition) is 3. The number of carbonyl (C=O) groups excluding carboxylic acids is 1. The van der Waals surface area contributed by atoms with Crippen LogP contribution in [0.2, 0.25) is 0 Å². The Morgan fingerprint density at radius 3 is 2.73 bits per heavy atom. The van der Waals surface area contributed by atoms with Crippen molar-refractivity contribution in [2.75, 3.05) is 28.2 Å². The molecule has 2 heterocycles. The lowest BCUT2D eigenvalue weighted by Gasteiger charge is -2.39. The van der Waals surface area contributed by atoms with E-state index in [1.807, 2.05) is 29.2 Å². The molecule has 30 heavy (non-hydrogen) atoms. The number of anilines is 3. The van der Waals surface area contributed by atoms with Gasteiger partial charge in [0.15, 0.2) is 0 Å². The maximum Gasteiger partial charge on any atom is 0.224 e. The summed E-state index contributed by atoms with van der Waals surface area (Å²) in [5.41, 5.74) is 4.85. The highest BCUT2D eigenvalue weighted by Crippen LogP contribution is 2.39. The quantitative estimate of drug-likeness (QED) is 0.666. The number of para-hydroxylation sites is 1. The molecule has 0 radical (unpaired) electrons. The number of amides is 1. The summed E-state index contributed by atoms with van der Waals surface area (Å²) in [5, 5.41) is 3.61. The fraction of sp³-hybridized carbons (Fsp3) is 0.400. The average molecular weight is 408 g/mol. The normalized spacial score (nSPS) is 21.8. The molecule has 1 fully saturated rings. The van der Waals surface area contributed by atoms with E-state index in [2.05, 4.69) is 29.8 Å². The van der Waals surface area contributed by atoms with E-state index in [9.17, 15) is 9.18 Å². The van der Waals surface area contributed by atoms with Gasteiger partial charge in [0, 0.05) is 37.4 Å². The zero-order valence-corrected chi connectivity index (χ0v) is 17.8. The molecule has 1 amide bonds. The van der Waals surface area contributed by atoms with Gasteiger partial charge >= 0.3 is 0 Å². The van der Waals surface area contributed by atoms with E-state index in [1.54, 1.807) is 19.1 Å². The third-order valence-corrected chi connectivity index (χ3v) is 6.25. The minimum atomic E-state index is -0.187. The Kier molecular flexibility index (Phi) is 5.80. The monoisotopic (exact) mass is 407 g/mol. The van der Waals surface area contributed by atoms with Gasteiger partial charge in [0.25, 0.3) is 0 Å². The Balaban J connectivity index is 1.61. The average Bonchev–Trinajstić information content (AvgIpc) is 2.93. The standard InChI is InChI=1S/C25H30FN3O/c1-17-7-6-13-28(14-12-17)25-16-20(10-11-22(25)26)27-23-15-18(2)29(19(3)30)24-9-5-4-8-21(23)24/h4-5,8-11,16,18,23,27H,1,6-7,12-15H2,2-3H3. The molecule has 2 atom stereocenters. The van der Waals surface area contributed by atoms with Crippen LogP contribution in [0.5, 0.6) is 0 Å². The molecule has 0 aromatic heterocycles. The highest BCUT2D eigenvalue weighted by atomic mass is 19.1. The van der Waals surface area contributed by atoms with Crippen LogP contribution in [0, 0.1) is 5.82 Å². The second-order valence-corrected chi connectivity index (χ2v) is 8.49. The van der Waals surface area contributed by atoms with Gasteiger partial charge in [0.05, 0.1) is 11.7 Å². The Morgan fingerprint density at radius 1 is 1.13 bits per heavy atom. The van der Waals surface area contributed by atoms with Gasteiger partial charge in [-0.15, -0.1) is 0 Å². The van der Waals surface area contributed by atoms with Gasteiger partial charge in [-0.3, -0.25) is 4.79 Å². The second-order valence-electron chi connectivity index (χ2n) is 8.49. The first-order chi connectivity index (χ1) is 14.4. The van der Waals surface area contributed by atoms with Crippen molar-refractivity contribution < 1.29 is 9.18 Å². The Bertz CT molecular complexity index is 957. The molecule has 2 aliphatic heterocycles. The van der Waals surface area contributed by atoms with Crippen LogP contribution in [-0.4, -0.2) is 25.0 Å². The Morgan fingerprint density at radius 2 is 1.93 bits per heavy atom. The summed E-state index contributed by atoms with van der Waals surface area (Å²) in [6, 6.07) is 13.5. The van der Waals surface area contributed by atoms with Crippen molar-refractivity contribution in [3.05, 3.63) is 66.0 Å². The molecule has 0 bridgehead atoms. The van der Waals surface area contributed by atoms with E-state index in [4.69, 9.17) is 0 Å². The summed E-state index contributed by atoms with van der Waals surface area (Å²) < 4.78 is 14.7. The predicted octanol–water partition coefficient (Wildman–Crippen LogP) is 5.67.